The summed E-state index contributed by atoms with van der Waals surface area (Å²) in [6.45, 7) is -0.899. The lowest BCUT2D eigenvalue weighted by Crippen LogP contribution is -2.38. The van der Waals surface area contributed by atoms with E-state index in [0.29, 0.717) is 19.1 Å². The first-order valence-corrected chi connectivity index (χ1v) is 7.12. The molecule has 1 fully saturated rings. The second-order valence-electron chi connectivity index (χ2n) is 5.10. The topological polar surface area (TPSA) is 50.4 Å². The van der Waals surface area contributed by atoms with Gasteiger partial charge in [-0.25, -0.2) is 0 Å². The van der Waals surface area contributed by atoms with Crippen molar-refractivity contribution in [1.29, 1.82) is 0 Å². The van der Waals surface area contributed by atoms with Gasteiger partial charge in [0, 0.05) is 19.1 Å². The zero-order valence-corrected chi connectivity index (χ0v) is 12.8. The lowest BCUT2D eigenvalue weighted by atomic mass is 10.1. The number of nitrogens with one attached hydrogen (secondary N) is 2. The summed E-state index contributed by atoms with van der Waals surface area (Å²) in [7, 11) is 0. The van der Waals surface area contributed by atoms with Crippen LogP contribution < -0.4 is 10.6 Å². The average molecular weight is 333 g/mol. The van der Waals surface area contributed by atoms with Gasteiger partial charge in [-0.2, -0.15) is 13.2 Å². The van der Waals surface area contributed by atoms with Gasteiger partial charge in [-0.1, -0.05) is 25.7 Å². The van der Waals surface area contributed by atoms with Crippen LogP contribution in [0.3, 0.4) is 0 Å². The number of alkyl halides is 3. The Morgan fingerprint density at radius 1 is 1.10 bits per heavy atom. The van der Waals surface area contributed by atoms with Gasteiger partial charge in [0.25, 0.3) is 0 Å². The van der Waals surface area contributed by atoms with Crippen molar-refractivity contribution < 1.29 is 22.7 Å². The molecule has 0 radical (unpaired) electrons. The van der Waals surface area contributed by atoms with Gasteiger partial charge in [0.05, 0.1) is 0 Å². The molecule has 8 heteroatoms. The molecule has 0 bridgehead atoms. The van der Waals surface area contributed by atoms with Gasteiger partial charge < -0.3 is 15.4 Å². The van der Waals surface area contributed by atoms with Gasteiger partial charge >= 0.3 is 6.18 Å². The van der Waals surface area contributed by atoms with E-state index in [1.807, 2.05) is 0 Å². The van der Waals surface area contributed by atoms with E-state index in [2.05, 4.69) is 15.4 Å². The number of halogens is 4. The second-order valence-corrected chi connectivity index (χ2v) is 5.10. The molecule has 0 aromatic carbocycles. The Balaban J connectivity index is 0.00000400. The van der Waals surface area contributed by atoms with E-state index in [4.69, 9.17) is 0 Å². The average Bonchev–Trinajstić information content (AvgIpc) is 2.61. The maximum Gasteiger partial charge on any atom is 0.411 e. The minimum atomic E-state index is -4.39. The second kappa shape index (κ2) is 11.1. The zero-order chi connectivity index (χ0) is 14.8. The van der Waals surface area contributed by atoms with Gasteiger partial charge in [0.2, 0.25) is 5.91 Å². The van der Waals surface area contributed by atoms with Gasteiger partial charge in [0.1, 0.15) is 13.2 Å². The van der Waals surface area contributed by atoms with Crippen LogP contribution in [-0.4, -0.2) is 44.4 Å². The van der Waals surface area contributed by atoms with Crippen LogP contribution in [0.2, 0.25) is 0 Å². The number of ether oxygens (including phenoxy) is 1. The fourth-order valence-corrected chi connectivity index (χ4v) is 2.27. The predicted octanol–water partition coefficient (Wildman–Crippen LogP) is 2.42. The van der Waals surface area contributed by atoms with E-state index in [0.717, 1.165) is 12.8 Å². The molecule has 126 valence electrons. The van der Waals surface area contributed by atoms with Crippen LogP contribution in [0.25, 0.3) is 0 Å². The lowest BCUT2D eigenvalue weighted by molar-refractivity contribution is -0.175. The Bertz CT molecular complexity index is 283. The first kappa shape index (κ1) is 20.5. The fraction of sp³-hybridized carbons (Fsp3) is 0.923. The van der Waals surface area contributed by atoms with Crippen molar-refractivity contribution in [2.75, 3.05) is 26.3 Å². The molecule has 0 atom stereocenters. The molecule has 0 spiro atoms. The number of rotatable bonds is 7. The third kappa shape index (κ3) is 11.8. The van der Waals surface area contributed by atoms with Crippen LogP contribution >= 0.6 is 12.4 Å². The third-order valence-corrected chi connectivity index (χ3v) is 3.23. The molecule has 0 saturated heterocycles. The van der Waals surface area contributed by atoms with Crippen molar-refractivity contribution >= 4 is 18.3 Å². The molecular formula is C13H24ClF3N2O2. The quantitative estimate of drug-likeness (QED) is 0.556. The summed E-state index contributed by atoms with van der Waals surface area (Å²) in [5, 5.41) is 5.89. The smallest absolute Gasteiger partial charge is 0.362 e. The van der Waals surface area contributed by atoms with E-state index in [1.54, 1.807) is 0 Å². The van der Waals surface area contributed by atoms with E-state index in [9.17, 15) is 18.0 Å². The lowest BCUT2D eigenvalue weighted by Gasteiger charge is -2.16. The molecule has 1 aliphatic carbocycles. The zero-order valence-electron chi connectivity index (χ0n) is 12.0. The molecular weight excluding hydrogens is 309 g/mol. The van der Waals surface area contributed by atoms with Crippen molar-refractivity contribution in [3.8, 4) is 0 Å². The van der Waals surface area contributed by atoms with Crippen LogP contribution in [0.1, 0.15) is 38.5 Å². The summed E-state index contributed by atoms with van der Waals surface area (Å²) in [4.78, 5) is 11.2. The van der Waals surface area contributed by atoms with Gasteiger partial charge in [-0.15, -0.1) is 12.4 Å². The molecule has 1 aliphatic rings. The monoisotopic (exact) mass is 332 g/mol. The van der Waals surface area contributed by atoms with Crippen LogP contribution in [0.5, 0.6) is 0 Å². The van der Waals surface area contributed by atoms with E-state index < -0.39 is 25.3 Å². The first-order valence-electron chi connectivity index (χ1n) is 7.12. The SMILES string of the molecule is Cl.O=C(COCC(F)(F)F)NCCNC1CCCCCC1. The maximum atomic E-state index is 11.8. The Morgan fingerprint density at radius 2 is 1.71 bits per heavy atom. The minimum Gasteiger partial charge on any atom is -0.362 e. The standard InChI is InChI=1S/C13H23F3N2O2.ClH/c14-13(15,16)10-20-9-12(19)18-8-7-17-11-5-3-1-2-4-6-11;/h11,17H,1-10H2,(H,18,19);1H. The van der Waals surface area contributed by atoms with Crippen LogP contribution in [0.15, 0.2) is 0 Å². The number of amides is 1. The molecule has 4 nitrogen and oxygen atoms in total. The summed E-state index contributed by atoms with van der Waals surface area (Å²) in [6.07, 6.45) is 2.95. The third-order valence-electron chi connectivity index (χ3n) is 3.23. The van der Waals surface area contributed by atoms with Gasteiger partial charge in [-0.05, 0) is 12.8 Å². The van der Waals surface area contributed by atoms with Crippen molar-refractivity contribution in [3.63, 3.8) is 0 Å². The Hall–Kier alpha value is -0.530. The Labute approximate surface area is 129 Å². The largest absolute Gasteiger partial charge is 0.411 e. The number of hydrogen-bond donors (Lipinski definition) is 2. The molecule has 0 aromatic rings. The molecule has 1 rings (SSSR count). The first-order chi connectivity index (χ1) is 9.47. The minimum absolute atomic E-state index is 0. The van der Waals surface area contributed by atoms with Crippen LogP contribution in [0.4, 0.5) is 13.2 Å². The molecule has 0 aromatic heterocycles. The molecule has 21 heavy (non-hydrogen) atoms. The number of carbonyl (C=O) groups is 1. The highest BCUT2D eigenvalue weighted by molar-refractivity contribution is 5.85. The van der Waals surface area contributed by atoms with Gasteiger partial charge in [-0.3, -0.25) is 4.79 Å². The van der Waals surface area contributed by atoms with E-state index in [1.165, 1.54) is 25.7 Å². The number of carbonyl (C=O) groups excluding carboxylic acids is 1. The van der Waals surface area contributed by atoms with Crippen molar-refractivity contribution in [2.24, 2.45) is 0 Å². The van der Waals surface area contributed by atoms with Crippen molar-refractivity contribution in [3.05, 3.63) is 0 Å². The van der Waals surface area contributed by atoms with Crippen molar-refractivity contribution in [2.45, 2.75) is 50.7 Å². The summed E-state index contributed by atoms with van der Waals surface area (Å²) < 4.78 is 39.6. The normalized spacial score (nSPS) is 16.9. The Morgan fingerprint density at radius 3 is 2.29 bits per heavy atom. The van der Waals surface area contributed by atoms with Crippen molar-refractivity contribution in [1.82, 2.24) is 10.6 Å². The fourth-order valence-electron chi connectivity index (χ4n) is 2.27. The molecule has 1 saturated carbocycles. The summed E-state index contributed by atoms with van der Waals surface area (Å²) in [6, 6.07) is 0.496. The molecule has 2 N–H and O–H groups in total. The molecule has 0 unspecified atom stereocenters. The van der Waals surface area contributed by atoms with E-state index in [-0.39, 0.29) is 12.4 Å². The highest BCUT2D eigenvalue weighted by Gasteiger charge is 2.27. The summed E-state index contributed by atoms with van der Waals surface area (Å²) >= 11 is 0. The predicted molar refractivity (Wildman–Crippen MR) is 76.6 cm³/mol. The molecule has 0 aliphatic heterocycles. The highest BCUT2D eigenvalue weighted by Crippen LogP contribution is 2.16. The summed E-state index contributed by atoms with van der Waals surface area (Å²) in [5.41, 5.74) is 0. The van der Waals surface area contributed by atoms with E-state index >= 15 is 0 Å². The highest BCUT2D eigenvalue weighted by atomic mass is 35.5. The van der Waals surface area contributed by atoms with Crippen LogP contribution in [-0.2, 0) is 9.53 Å². The number of hydrogen-bond acceptors (Lipinski definition) is 3. The Kier molecular flexibility index (Phi) is 10.8. The van der Waals surface area contributed by atoms with Crippen LogP contribution in [0, 0.1) is 0 Å². The molecule has 1 amide bonds. The van der Waals surface area contributed by atoms with Gasteiger partial charge in [0.15, 0.2) is 0 Å². The summed E-state index contributed by atoms with van der Waals surface area (Å²) in [5.74, 6) is -0.517. The molecule has 0 heterocycles. The maximum absolute atomic E-state index is 11.8.